The van der Waals surface area contributed by atoms with E-state index in [4.69, 9.17) is 10.5 Å². The molecule has 16 heavy (non-hydrogen) atoms. The van der Waals surface area contributed by atoms with E-state index in [1.807, 2.05) is 0 Å². The number of nitrogens with one attached hydrogen (secondary N) is 2. The molecule has 4 N–H and O–H groups in total. The Morgan fingerprint density at radius 3 is 2.81 bits per heavy atom. The van der Waals surface area contributed by atoms with Gasteiger partial charge in [-0.25, -0.2) is 9.97 Å². The SMILES string of the molecule is CNC(=O)C(C)Nc1ncnc(N)c1OC. The Hall–Kier alpha value is -2.05. The number of amides is 1. The highest BCUT2D eigenvalue weighted by atomic mass is 16.5. The van der Waals surface area contributed by atoms with E-state index in [1.54, 1.807) is 14.0 Å². The number of anilines is 2. The minimum atomic E-state index is -0.437. The number of nitrogen functional groups attached to an aromatic ring is 1. The van der Waals surface area contributed by atoms with Crippen molar-refractivity contribution in [3.63, 3.8) is 0 Å². The fourth-order valence-corrected chi connectivity index (χ4v) is 1.18. The van der Waals surface area contributed by atoms with Crippen molar-refractivity contribution in [2.75, 3.05) is 25.2 Å². The van der Waals surface area contributed by atoms with Gasteiger partial charge in [-0.3, -0.25) is 4.79 Å². The molecule has 0 fully saturated rings. The highest BCUT2D eigenvalue weighted by molar-refractivity contribution is 5.84. The molecule has 1 aromatic heterocycles. The molecule has 7 heteroatoms. The normalized spacial score (nSPS) is 11.7. The highest BCUT2D eigenvalue weighted by Gasteiger charge is 2.15. The number of carbonyl (C=O) groups is 1. The van der Waals surface area contributed by atoms with Crippen molar-refractivity contribution in [1.29, 1.82) is 0 Å². The molecule has 1 unspecified atom stereocenters. The summed E-state index contributed by atoms with van der Waals surface area (Å²) >= 11 is 0. The molecule has 1 atom stereocenters. The zero-order valence-electron chi connectivity index (χ0n) is 9.44. The zero-order chi connectivity index (χ0) is 12.1. The van der Waals surface area contributed by atoms with Gasteiger partial charge in [0.2, 0.25) is 11.7 Å². The fourth-order valence-electron chi connectivity index (χ4n) is 1.18. The van der Waals surface area contributed by atoms with E-state index in [2.05, 4.69) is 20.6 Å². The van der Waals surface area contributed by atoms with E-state index in [0.717, 1.165) is 0 Å². The zero-order valence-corrected chi connectivity index (χ0v) is 9.44. The van der Waals surface area contributed by atoms with Gasteiger partial charge in [-0.15, -0.1) is 0 Å². The first-order valence-corrected chi connectivity index (χ1v) is 4.72. The van der Waals surface area contributed by atoms with Crippen LogP contribution in [0.5, 0.6) is 5.75 Å². The second-order valence-corrected chi connectivity index (χ2v) is 3.12. The molecule has 0 aromatic carbocycles. The summed E-state index contributed by atoms with van der Waals surface area (Å²) in [5.41, 5.74) is 5.60. The summed E-state index contributed by atoms with van der Waals surface area (Å²) in [6.07, 6.45) is 1.30. The monoisotopic (exact) mass is 225 g/mol. The van der Waals surface area contributed by atoms with Crippen molar-refractivity contribution < 1.29 is 9.53 Å². The lowest BCUT2D eigenvalue weighted by Crippen LogP contribution is -2.35. The van der Waals surface area contributed by atoms with Crippen LogP contribution >= 0.6 is 0 Å². The van der Waals surface area contributed by atoms with E-state index in [-0.39, 0.29) is 11.7 Å². The summed E-state index contributed by atoms with van der Waals surface area (Å²) in [5.74, 6) is 0.799. The number of ether oxygens (including phenoxy) is 1. The predicted octanol–water partition coefficient (Wildman–Crippen LogP) is -0.386. The number of hydrogen-bond acceptors (Lipinski definition) is 6. The summed E-state index contributed by atoms with van der Waals surface area (Å²) in [5, 5.41) is 5.40. The van der Waals surface area contributed by atoms with E-state index in [1.165, 1.54) is 13.4 Å². The first kappa shape index (κ1) is 12.0. The summed E-state index contributed by atoms with van der Waals surface area (Å²) in [4.78, 5) is 19.1. The van der Waals surface area contributed by atoms with Crippen LogP contribution in [0.2, 0.25) is 0 Å². The van der Waals surface area contributed by atoms with Crippen LogP contribution in [-0.2, 0) is 4.79 Å². The Morgan fingerprint density at radius 2 is 2.25 bits per heavy atom. The van der Waals surface area contributed by atoms with E-state index >= 15 is 0 Å². The topological polar surface area (TPSA) is 102 Å². The highest BCUT2D eigenvalue weighted by Crippen LogP contribution is 2.26. The van der Waals surface area contributed by atoms with Crippen molar-refractivity contribution >= 4 is 17.5 Å². The van der Waals surface area contributed by atoms with Gasteiger partial charge in [0.1, 0.15) is 12.4 Å². The van der Waals surface area contributed by atoms with Crippen molar-refractivity contribution in [2.45, 2.75) is 13.0 Å². The first-order valence-electron chi connectivity index (χ1n) is 4.72. The smallest absolute Gasteiger partial charge is 0.241 e. The molecule has 0 radical (unpaired) electrons. The second kappa shape index (κ2) is 5.15. The van der Waals surface area contributed by atoms with Gasteiger partial charge in [-0.1, -0.05) is 0 Å². The Kier molecular flexibility index (Phi) is 3.87. The summed E-state index contributed by atoms with van der Waals surface area (Å²) in [6, 6.07) is -0.437. The minimum Gasteiger partial charge on any atom is -0.490 e. The van der Waals surface area contributed by atoms with Crippen LogP contribution in [0.4, 0.5) is 11.6 Å². The lowest BCUT2D eigenvalue weighted by molar-refractivity contribution is -0.121. The molecule has 1 amide bonds. The third kappa shape index (κ3) is 2.50. The van der Waals surface area contributed by atoms with Crippen LogP contribution in [0.3, 0.4) is 0 Å². The molecule has 0 saturated carbocycles. The molecule has 0 aliphatic heterocycles. The number of aromatic nitrogens is 2. The minimum absolute atomic E-state index is 0.153. The lowest BCUT2D eigenvalue weighted by Gasteiger charge is -2.15. The van der Waals surface area contributed by atoms with Crippen LogP contribution in [0.1, 0.15) is 6.92 Å². The molecule has 7 nitrogen and oxygen atoms in total. The lowest BCUT2D eigenvalue weighted by atomic mass is 10.3. The van der Waals surface area contributed by atoms with Crippen LogP contribution in [0, 0.1) is 0 Å². The van der Waals surface area contributed by atoms with Gasteiger partial charge in [-0.2, -0.15) is 0 Å². The Bertz CT molecular complexity index is 382. The number of nitrogens with zero attached hydrogens (tertiary/aromatic N) is 2. The molecule has 0 aliphatic carbocycles. The number of carbonyl (C=O) groups excluding carboxylic acids is 1. The Labute approximate surface area is 93.4 Å². The third-order valence-corrected chi connectivity index (χ3v) is 2.03. The number of methoxy groups -OCH3 is 1. The molecule has 1 heterocycles. The molecular formula is C9H15N5O2. The van der Waals surface area contributed by atoms with Crippen LogP contribution in [0.15, 0.2) is 6.33 Å². The maximum absolute atomic E-state index is 11.3. The first-order chi connectivity index (χ1) is 7.60. The molecule has 0 saturated heterocycles. The van der Waals surface area contributed by atoms with Gasteiger partial charge in [0.05, 0.1) is 7.11 Å². The van der Waals surface area contributed by atoms with Crippen LogP contribution < -0.4 is 21.1 Å². The van der Waals surface area contributed by atoms with Gasteiger partial charge in [-0.05, 0) is 6.92 Å². The van der Waals surface area contributed by atoms with Gasteiger partial charge < -0.3 is 21.1 Å². The molecular weight excluding hydrogens is 210 g/mol. The predicted molar refractivity (Wildman–Crippen MR) is 60.1 cm³/mol. The Morgan fingerprint density at radius 1 is 1.56 bits per heavy atom. The van der Waals surface area contributed by atoms with Gasteiger partial charge in [0.25, 0.3) is 0 Å². The van der Waals surface area contributed by atoms with Crippen LogP contribution in [0.25, 0.3) is 0 Å². The molecule has 0 aliphatic rings. The van der Waals surface area contributed by atoms with Crippen molar-refractivity contribution in [3.05, 3.63) is 6.33 Å². The maximum atomic E-state index is 11.3. The summed E-state index contributed by atoms with van der Waals surface area (Å²) in [7, 11) is 3.02. The van der Waals surface area contributed by atoms with Gasteiger partial charge in [0, 0.05) is 7.05 Å². The van der Waals surface area contributed by atoms with E-state index in [0.29, 0.717) is 11.6 Å². The van der Waals surface area contributed by atoms with Crippen molar-refractivity contribution in [3.8, 4) is 5.75 Å². The van der Waals surface area contributed by atoms with Crippen molar-refractivity contribution in [2.24, 2.45) is 0 Å². The quantitative estimate of drug-likeness (QED) is 0.645. The fraction of sp³-hybridized carbons (Fsp3) is 0.444. The largest absolute Gasteiger partial charge is 0.490 e. The van der Waals surface area contributed by atoms with Gasteiger partial charge >= 0.3 is 0 Å². The van der Waals surface area contributed by atoms with E-state index < -0.39 is 6.04 Å². The standard InChI is InChI=1S/C9H15N5O2/c1-5(9(15)11-2)14-8-6(16-3)7(10)12-4-13-8/h4-5H,1-3H3,(H,11,15)(H3,10,12,13,14). The Balaban J connectivity index is 2.88. The maximum Gasteiger partial charge on any atom is 0.241 e. The van der Waals surface area contributed by atoms with Crippen LogP contribution in [-0.4, -0.2) is 36.1 Å². The van der Waals surface area contributed by atoms with Crippen molar-refractivity contribution in [1.82, 2.24) is 15.3 Å². The number of nitrogens with two attached hydrogens (primary N) is 1. The third-order valence-electron chi connectivity index (χ3n) is 2.03. The van der Waals surface area contributed by atoms with E-state index in [9.17, 15) is 4.79 Å². The second-order valence-electron chi connectivity index (χ2n) is 3.12. The molecule has 88 valence electrons. The molecule has 1 aromatic rings. The summed E-state index contributed by atoms with van der Waals surface area (Å²) in [6.45, 7) is 1.70. The molecule has 0 spiro atoms. The van der Waals surface area contributed by atoms with Gasteiger partial charge in [0.15, 0.2) is 11.6 Å². The molecule has 0 bridgehead atoms. The summed E-state index contributed by atoms with van der Waals surface area (Å²) < 4.78 is 5.05. The average Bonchev–Trinajstić information content (AvgIpc) is 2.28. The molecule has 1 rings (SSSR count). The number of likely N-dealkylation sites (N-methyl/N-ethyl adjacent to an activating group) is 1. The number of hydrogen-bond donors (Lipinski definition) is 3. The average molecular weight is 225 g/mol. The number of rotatable bonds is 4.